The summed E-state index contributed by atoms with van der Waals surface area (Å²) in [7, 11) is 0. The van der Waals surface area contributed by atoms with Gasteiger partial charge in [0.25, 0.3) is 0 Å². The van der Waals surface area contributed by atoms with Crippen LogP contribution in [-0.2, 0) is 18.9 Å². The third-order valence-electron chi connectivity index (χ3n) is 3.93. The van der Waals surface area contributed by atoms with E-state index in [0.29, 0.717) is 23.9 Å². The fourth-order valence-electron chi connectivity index (χ4n) is 2.64. The molecule has 4 rings (SSSR count). The number of nitrogens with zero attached hydrogens (tertiary/aromatic N) is 6. The molecular formula is C19H17FN6OS. The summed E-state index contributed by atoms with van der Waals surface area (Å²) in [5, 5.41) is 9.16. The molecule has 3 aromatic heterocycles. The number of aromatic nitrogens is 6. The molecule has 0 unspecified atom stereocenters. The van der Waals surface area contributed by atoms with Crippen molar-refractivity contribution >= 4 is 17.5 Å². The summed E-state index contributed by atoms with van der Waals surface area (Å²) in [5.41, 5.74) is 0.890. The summed E-state index contributed by atoms with van der Waals surface area (Å²) in [6.45, 7) is 4.42. The lowest BCUT2D eigenvalue weighted by atomic mass is 10.3. The van der Waals surface area contributed by atoms with Gasteiger partial charge in [-0.25, -0.2) is 14.4 Å². The minimum atomic E-state index is -0.410. The van der Waals surface area contributed by atoms with Gasteiger partial charge in [0.1, 0.15) is 6.61 Å². The van der Waals surface area contributed by atoms with Crippen molar-refractivity contribution in [2.24, 2.45) is 0 Å². The lowest BCUT2D eigenvalue weighted by Gasteiger charge is -2.09. The second-order valence-corrected chi connectivity index (χ2v) is 6.81. The van der Waals surface area contributed by atoms with E-state index in [1.54, 1.807) is 30.5 Å². The molecule has 0 saturated heterocycles. The van der Waals surface area contributed by atoms with Gasteiger partial charge >= 0.3 is 0 Å². The van der Waals surface area contributed by atoms with Gasteiger partial charge in [0.2, 0.25) is 5.78 Å². The Hall–Kier alpha value is -3.20. The van der Waals surface area contributed by atoms with Gasteiger partial charge < -0.3 is 4.74 Å². The van der Waals surface area contributed by atoms with Crippen molar-refractivity contribution in [3.05, 3.63) is 78.9 Å². The summed E-state index contributed by atoms with van der Waals surface area (Å²) in [4.78, 5) is 8.70. The highest BCUT2D eigenvalue weighted by atomic mass is 32.2. The second kappa shape index (κ2) is 8.22. The van der Waals surface area contributed by atoms with E-state index in [2.05, 4.69) is 26.7 Å². The van der Waals surface area contributed by atoms with Crippen molar-refractivity contribution in [3.63, 3.8) is 0 Å². The van der Waals surface area contributed by atoms with Crippen LogP contribution in [0.3, 0.4) is 0 Å². The van der Waals surface area contributed by atoms with E-state index in [4.69, 9.17) is 4.74 Å². The number of thioether (sulfide) groups is 1. The number of fused-ring (bicyclic) bond motifs is 1. The molecule has 7 nitrogen and oxygen atoms in total. The lowest BCUT2D eigenvalue weighted by Crippen LogP contribution is -2.08. The maximum absolute atomic E-state index is 13.7. The number of hydrogen-bond acceptors (Lipinski definition) is 6. The van der Waals surface area contributed by atoms with Crippen LogP contribution in [0.5, 0.6) is 5.75 Å². The highest BCUT2D eigenvalue weighted by Gasteiger charge is 2.14. The van der Waals surface area contributed by atoms with E-state index >= 15 is 0 Å². The molecule has 0 saturated carbocycles. The van der Waals surface area contributed by atoms with E-state index < -0.39 is 5.82 Å². The van der Waals surface area contributed by atoms with Crippen molar-refractivity contribution in [1.82, 2.24) is 29.1 Å². The molecule has 0 aliphatic rings. The molecule has 1 aromatic carbocycles. The normalized spacial score (nSPS) is 11.0. The molecule has 4 aromatic rings. The zero-order valence-corrected chi connectivity index (χ0v) is 15.7. The molecule has 142 valence electrons. The lowest BCUT2D eigenvalue weighted by molar-refractivity contribution is 0.275. The Morgan fingerprint density at radius 2 is 2.11 bits per heavy atom. The Morgan fingerprint density at radius 1 is 1.21 bits per heavy atom. The Bertz CT molecular complexity index is 1080. The average molecular weight is 396 g/mol. The molecule has 3 heterocycles. The molecule has 0 amide bonds. The number of para-hydroxylation sites is 1. The number of imidazole rings is 1. The van der Waals surface area contributed by atoms with Crippen LogP contribution in [0.4, 0.5) is 4.39 Å². The summed E-state index contributed by atoms with van der Waals surface area (Å²) in [6, 6.07) is 8.13. The Balaban J connectivity index is 1.47. The van der Waals surface area contributed by atoms with Crippen LogP contribution in [0, 0.1) is 5.82 Å². The Labute approximate surface area is 164 Å². The van der Waals surface area contributed by atoms with Crippen molar-refractivity contribution in [2.45, 2.75) is 24.1 Å². The first-order chi connectivity index (χ1) is 13.7. The third kappa shape index (κ3) is 3.89. The maximum atomic E-state index is 13.7. The van der Waals surface area contributed by atoms with Crippen molar-refractivity contribution < 1.29 is 9.13 Å². The van der Waals surface area contributed by atoms with Gasteiger partial charge in [0, 0.05) is 30.9 Å². The summed E-state index contributed by atoms with van der Waals surface area (Å²) in [6.07, 6.45) is 7.31. The average Bonchev–Trinajstić information content (AvgIpc) is 3.29. The quantitative estimate of drug-likeness (QED) is 0.335. The summed E-state index contributed by atoms with van der Waals surface area (Å²) >= 11 is 1.51. The zero-order valence-electron chi connectivity index (χ0n) is 14.9. The highest BCUT2D eigenvalue weighted by Crippen LogP contribution is 2.23. The molecule has 28 heavy (non-hydrogen) atoms. The van der Waals surface area contributed by atoms with Gasteiger partial charge in [0.05, 0.1) is 5.69 Å². The van der Waals surface area contributed by atoms with E-state index in [1.165, 1.54) is 17.8 Å². The number of benzene rings is 1. The van der Waals surface area contributed by atoms with Gasteiger partial charge in [-0.2, -0.15) is 0 Å². The second-order valence-electron chi connectivity index (χ2n) is 5.87. The highest BCUT2D eigenvalue weighted by molar-refractivity contribution is 7.98. The summed E-state index contributed by atoms with van der Waals surface area (Å²) in [5.74, 6) is 1.65. The molecule has 0 aliphatic heterocycles. The minimum absolute atomic E-state index is 0.112. The third-order valence-corrected chi connectivity index (χ3v) is 4.93. The standard InChI is InChI=1S/C19H17FN6OS/c1-2-9-26-17(12-27-16-7-4-3-6-15(16)20)23-24-19(26)28-13-14-11-25-10-5-8-21-18(25)22-14/h2-8,10-11H,1,9,12-13H2. The number of rotatable bonds is 8. The Kier molecular flexibility index (Phi) is 5.34. The van der Waals surface area contributed by atoms with E-state index in [-0.39, 0.29) is 12.4 Å². The van der Waals surface area contributed by atoms with Crippen LogP contribution >= 0.6 is 11.8 Å². The predicted octanol–water partition coefficient (Wildman–Crippen LogP) is 3.52. The van der Waals surface area contributed by atoms with Crippen LogP contribution in [0.15, 0.2) is 66.7 Å². The molecule has 0 bridgehead atoms. The van der Waals surface area contributed by atoms with Crippen molar-refractivity contribution in [2.75, 3.05) is 0 Å². The molecule has 0 radical (unpaired) electrons. The van der Waals surface area contributed by atoms with E-state index in [1.807, 2.05) is 27.4 Å². The van der Waals surface area contributed by atoms with E-state index in [0.717, 1.165) is 10.9 Å². The summed E-state index contributed by atoms with van der Waals surface area (Å²) < 4.78 is 23.1. The first-order valence-corrected chi connectivity index (χ1v) is 9.55. The minimum Gasteiger partial charge on any atom is -0.483 e. The van der Waals surface area contributed by atoms with E-state index in [9.17, 15) is 4.39 Å². The molecule has 0 aliphatic carbocycles. The van der Waals surface area contributed by atoms with Crippen LogP contribution in [0.1, 0.15) is 11.5 Å². The zero-order chi connectivity index (χ0) is 19.3. The van der Waals surface area contributed by atoms with Crippen LogP contribution in [0.2, 0.25) is 0 Å². The fourth-order valence-corrected chi connectivity index (χ4v) is 3.49. The van der Waals surface area contributed by atoms with Gasteiger partial charge in [-0.15, -0.1) is 16.8 Å². The number of ether oxygens (including phenoxy) is 1. The topological polar surface area (TPSA) is 70.1 Å². The maximum Gasteiger partial charge on any atom is 0.233 e. The smallest absolute Gasteiger partial charge is 0.233 e. The first-order valence-electron chi connectivity index (χ1n) is 8.56. The first kappa shape index (κ1) is 18.2. The molecule has 9 heteroatoms. The van der Waals surface area contributed by atoms with Crippen molar-refractivity contribution in [1.29, 1.82) is 0 Å². The number of allylic oxidation sites excluding steroid dienone is 1. The fraction of sp³-hybridized carbons (Fsp3) is 0.158. The van der Waals surface area contributed by atoms with Crippen LogP contribution in [-0.4, -0.2) is 29.1 Å². The Morgan fingerprint density at radius 3 is 2.93 bits per heavy atom. The number of halogens is 1. The molecule has 0 fully saturated rings. The predicted molar refractivity (Wildman–Crippen MR) is 103 cm³/mol. The van der Waals surface area contributed by atoms with Gasteiger partial charge in [-0.3, -0.25) is 8.97 Å². The van der Waals surface area contributed by atoms with Gasteiger partial charge in [-0.1, -0.05) is 30.0 Å². The van der Waals surface area contributed by atoms with Gasteiger partial charge in [-0.05, 0) is 18.2 Å². The number of hydrogen-bond donors (Lipinski definition) is 0. The molecular weight excluding hydrogens is 379 g/mol. The molecule has 0 N–H and O–H groups in total. The molecule has 0 spiro atoms. The molecule has 0 atom stereocenters. The largest absolute Gasteiger partial charge is 0.483 e. The van der Waals surface area contributed by atoms with Crippen molar-refractivity contribution in [3.8, 4) is 5.75 Å². The monoisotopic (exact) mass is 396 g/mol. The SMILES string of the molecule is C=CCn1c(COc2ccccc2F)nnc1SCc1cn2cccnc2n1. The van der Waals surface area contributed by atoms with Gasteiger partial charge in [0.15, 0.2) is 22.5 Å². The van der Waals surface area contributed by atoms with Crippen LogP contribution < -0.4 is 4.74 Å². The van der Waals surface area contributed by atoms with Crippen LogP contribution in [0.25, 0.3) is 5.78 Å².